The quantitative estimate of drug-likeness (QED) is 0.746. The Morgan fingerprint density at radius 1 is 1.06 bits per heavy atom. The summed E-state index contributed by atoms with van der Waals surface area (Å²) < 4.78 is 15.9. The van der Waals surface area contributed by atoms with Crippen molar-refractivity contribution in [2.75, 3.05) is 21.3 Å². The molecule has 0 radical (unpaired) electrons. The fourth-order valence-corrected chi connectivity index (χ4v) is 2.00. The Balaban J connectivity index is 2.54. The van der Waals surface area contributed by atoms with Crippen LogP contribution in [0, 0.1) is 12.3 Å². The third-order valence-electron chi connectivity index (χ3n) is 3.24. The maximum Gasteiger partial charge on any atom is 0.203 e. The van der Waals surface area contributed by atoms with E-state index in [1.165, 1.54) is 0 Å². The van der Waals surface area contributed by atoms with E-state index in [0.717, 1.165) is 18.4 Å². The summed E-state index contributed by atoms with van der Waals surface area (Å²) in [6.45, 7) is 0. The molecular weight excluding hydrogens is 216 g/mol. The van der Waals surface area contributed by atoms with Gasteiger partial charge in [-0.15, -0.1) is 6.42 Å². The first-order valence-corrected chi connectivity index (χ1v) is 5.49. The minimum absolute atomic E-state index is 0.132. The average Bonchev–Trinajstić information content (AvgIpc) is 3.17. The highest BCUT2D eigenvalue weighted by Crippen LogP contribution is 2.51. The fourth-order valence-electron chi connectivity index (χ4n) is 2.00. The first kappa shape index (κ1) is 11.7. The molecule has 1 saturated carbocycles. The van der Waals surface area contributed by atoms with Gasteiger partial charge in [-0.2, -0.15) is 0 Å². The van der Waals surface area contributed by atoms with Gasteiger partial charge in [0.2, 0.25) is 5.75 Å². The van der Waals surface area contributed by atoms with Gasteiger partial charge in [0, 0.05) is 0 Å². The third kappa shape index (κ3) is 1.80. The third-order valence-corrected chi connectivity index (χ3v) is 3.24. The Bertz CT molecular complexity index is 442. The van der Waals surface area contributed by atoms with E-state index in [1.54, 1.807) is 21.3 Å². The van der Waals surface area contributed by atoms with Crippen LogP contribution in [0.5, 0.6) is 17.2 Å². The molecule has 0 heterocycles. The number of benzene rings is 1. The second-order valence-corrected chi connectivity index (χ2v) is 4.14. The van der Waals surface area contributed by atoms with Crippen LogP contribution in [-0.4, -0.2) is 21.3 Å². The van der Waals surface area contributed by atoms with E-state index in [9.17, 15) is 0 Å². The molecule has 0 saturated heterocycles. The number of hydrogen-bond donors (Lipinski definition) is 0. The number of hydrogen-bond acceptors (Lipinski definition) is 3. The zero-order valence-corrected chi connectivity index (χ0v) is 10.4. The molecule has 0 aromatic heterocycles. The number of methoxy groups -OCH3 is 3. The van der Waals surface area contributed by atoms with Gasteiger partial charge in [0.05, 0.1) is 26.7 Å². The van der Waals surface area contributed by atoms with Gasteiger partial charge in [0.1, 0.15) is 0 Å². The van der Waals surface area contributed by atoms with E-state index in [0.29, 0.717) is 17.2 Å². The molecule has 90 valence electrons. The number of rotatable bonds is 4. The predicted octanol–water partition coefficient (Wildman–Crippen LogP) is 2.38. The van der Waals surface area contributed by atoms with E-state index in [-0.39, 0.29) is 5.41 Å². The molecule has 0 N–H and O–H groups in total. The molecule has 0 spiro atoms. The average molecular weight is 232 g/mol. The normalized spacial score (nSPS) is 15.9. The van der Waals surface area contributed by atoms with E-state index in [4.69, 9.17) is 20.6 Å². The molecule has 0 atom stereocenters. The summed E-state index contributed by atoms with van der Waals surface area (Å²) in [5.41, 5.74) is 0.932. The number of ether oxygens (including phenoxy) is 3. The van der Waals surface area contributed by atoms with Crippen LogP contribution in [-0.2, 0) is 5.41 Å². The van der Waals surface area contributed by atoms with Gasteiger partial charge in [-0.3, -0.25) is 0 Å². The molecule has 1 fully saturated rings. The Hall–Kier alpha value is -1.82. The molecule has 0 aliphatic heterocycles. The van der Waals surface area contributed by atoms with Crippen LogP contribution in [0.15, 0.2) is 12.1 Å². The van der Waals surface area contributed by atoms with Crippen molar-refractivity contribution in [1.29, 1.82) is 0 Å². The number of terminal acetylenes is 1. The minimum Gasteiger partial charge on any atom is -0.493 e. The van der Waals surface area contributed by atoms with Crippen LogP contribution in [0.3, 0.4) is 0 Å². The highest BCUT2D eigenvalue weighted by Gasteiger charge is 2.43. The topological polar surface area (TPSA) is 27.7 Å². The standard InChI is InChI=1S/C14H16O3/c1-5-14(6-7-14)10-8-11(15-2)13(17-4)12(9-10)16-3/h1,8-9H,6-7H2,2-4H3. The van der Waals surface area contributed by atoms with Crippen LogP contribution in [0.25, 0.3) is 0 Å². The fraction of sp³-hybridized carbons (Fsp3) is 0.429. The SMILES string of the molecule is C#CC1(c2cc(OC)c(OC)c(OC)c2)CC1. The van der Waals surface area contributed by atoms with Crippen LogP contribution < -0.4 is 14.2 Å². The summed E-state index contributed by atoms with van der Waals surface area (Å²) in [5, 5.41) is 0. The van der Waals surface area contributed by atoms with Crippen molar-refractivity contribution in [3.05, 3.63) is 17.7 Å². The van der Waals surface area contributed by atoms with Crippen molar-refractivity contribution in [3.63, 3.8) is 0 Å². The van der Waals surface area contributed by atoms with Gasteiger partial charge in [0.25, 0.3) is 0 Å². The maximum atomic E-state index is 5.59. The summed E-state index contributed by atoms with van der Waals surface area (Å²) >= 11 is 0. The molecule has 17 heavy (non-hydrogen) atoms. The van der Waals surface area contributed by atoms with Crippen LogP contribution in [0.2, 0.25) is 0 Å². The Labute approximate surface area is 102 Å². The summed E-state index contributed by atoms with van der Waals surface area (Å²) in [6, 6.07) is 3.88. The lowest BCUT2D eigenvalue weighted by Gasteiger charge is -2.16. The van der Waals surface area contributed by atoms with Crippen LogP contribution in [0.4, 0.5) is 0 Å². The molecule has 0 unspecified atom stereocenters. The van der Waals surface area contributed by atoms with E-state index < -0.39 is 0 Å². The first-order chi connectivity index (χ1) is 8.20. The highest BCUT2D eigenvalue weighted by atomic mass is 16.5. The molecule has 2 rings (SSSR count). The molecule has 1 aromatic rings. The summed E-state index contributed by atoms with van der Waals surface area (Å²) in [4.78, 5) is 0. The van der Waals surface area contributed by atoms with Gasteiger partial charge < -0.3 is 14.2 Å². The Kier molecular flexibility index (Phi) is 2.89. The van der Waals surface area contributed by atoms with Crippen LogP contribution >= 0.6 is 0 Å². The van der Waals surface area contributed by atoms with Crippen molar-refractivity contribution < 1.29 is 14.2 Å². The summed E-state index contributed by atoms with van der Waals surface area (Å²) in [5.74, 6) is 4.77. The van der Waals surface area contributed by atoms with E-state index in [2.05, 4.69) is 5.92 Å². The van der Waals surface area contributed by atoms with Crippen molar-refractivity contribution in [2.45, 2.75) is 18.3 Å². The molecule has 0 amide bonds. The van der Waals surface area contributed by atoms with E-state index in [1.807, 2.05) is 12.1 Å². The lowest BCUT2D eigenvalue weighted by Crippen LogP contribution is -2.05. The molecule has 3 heteroatoms. The second-order valence-electron chi connectivity index (χ2n) is 4.14. The molecule has 0 bridgehead atoms. The highest BCUT2D eigenvalue weighted by molar-refractivity contribution is 5.57. The van der Waals surface area contributed by atoms with Gasteiger partial charge in [-0.05, 0) is 30.5 Å². The van der Waals surface area contributed by atoms with Crippen molar-refractivity contribution >= 4 is 0 Å². The van der Waals surface area contributed by atoms with Crippen molar-refractivity contribution in [2.24, 2.45) is 0 Å². The Morgan fingerprint density at radius 3 is 1.88 bits per heavy atom. The Morgan fingerprint density at radius 2 is 1.59 bits per heavy atom. The van der Waals surface area contributed by atoms with Gasteiger partial charge in [-0.1, -0.05) is 5.92 Å². The molecule has 1 aliphatic carbocycles. The molecule has 1 aliphatic rings. The zero-order chi connectivity index (χ0) is 12.5. The molecule has 3 nitrogen and oxygen atoms in total. The van der Waals surface area contributed by atoms with Gasteiger partial charge in [0.15, 0.2) is 11.5 Å². The van der Waals surface area contributed by atoms with E-state index >= 15 is 0 Å². The minimum atomic E-state index is -0.132. The van der Waals surface area contributed by atoms with Crippen LogP contribution in [0.1, 0.15) is 18.4 Å². The first-order valence-electron chi connectivity index (χ1n) is 5.49. The van der Waals surface area contributed by atoms with Crippen molar-refractivity contribution in [1.82, 2.24) is 0 Å². The molecule has 1 aromatic carbocycles. The zero-order valence-electron chi connectivity index (χ0n) is 10.4. The van der Waals surface area contributed by atoms with Gasteiger partial charge in [-0.25, -0.2) is 0 Å². The van der Waals surface area contributed by atoms with Crippen molar-refractivity contribution in [3.8, 4) is 29.6 Å². The monoisotopic (exact) mass is 232 g/mol. The summed E-state index contributed by atoms with van der Waals surface area (Å²) in [7, 11) is 4.81. The van der Waals surface area contributed by atoms with Gasteiger partial charge >= 0.3 is 0 Å². The lowest BCUT2D eigenvalue weighted by molar-refractivity contribution is 0.323. The largest absolute Gasteiger partial charge is 0.493 e. The summed E-state index contributed by atoms with van der Waals surface area (Å²) in [6.07, 6.45) is 7.62. The molecular formula is C14H16O3. The lowest BCUT2D eigenvalue weighted by atomic mass is 9.96. The maximum absolute atomic E-state index is 5.59. The smallest absolute Gasteiger partial charge is 0.203 e. The second kappa shape index (κ2) is 4.21. The predicted molar refractivity (Wildman–Crippen MR) is 65.8 cm³/mol.